The number of nitrogens with one attached hydrogen (secondary N) is 1. The van der Waals surface area contributed by atoms with Crippen LogP contribution in [0.15, 0.2) is 144 Å². The van der Waals surface area contributed by atoms with Crippen molar-refractivity contribution in [3.63, 3.8) is 0 Å². The first-order valence-electron chi connectivity index (χ1n) is 15.4. The maximum absolute atomic E-state index is 13.6. The molecule has 0 spiro atoms. The third-order valence-electron chi connectivity index (χ3n) is 9.33. The highest BCUT2D eigenvalue weighted by Crippen LogP contribution is 2.40. The van der Waals surface area contributed by atoms with Crippen molar-refractivity contribution in [3.8, 4) is 17.2 Å². The summed E-state index contributed by atoms with van der Waals surface area (Å²) in [5, 5.41) is 10.2. The zero-order valence-electron chi connectivity index (χ0n) is 24.5. The fourth-order valence-corrected chi connectivity index (χ4v) is 7.24. The van der Waals surface area contributed by atoms with Crippen molar-refractivity contribution in [1.82, 2.24) is 19.5 Å². The number of aromatic nitrogens is 4. The van der Waals surface area contributed by atoms with Crippen molar-refractivity contribution < 1.29 is 0 Å². The molecule has 0 saturated carbocycles. The second-order valence-corrected chi connectivity index (χ2v) is 11.9. The highest BCUT2D eigenvalue weighted by molar-refractivity contribution is 6.24. The fourth-order valence-electron chi connectivity index (χ4n) is 7.24. The summed E-state index contributed by atoms with van der Waals surface area (Å²) >= 11 is 0. The van der Waals surface area contributed by atoms with Crippen LogP contribution in [0.1, 0.15) is 0 Å². The van der Waals surface area contributed by atoms with E-state index in [1.165, 1.54) is 0 Å². The highest BCUT2D eigenvalue weighted by atomic mass is 16.1. The molecule has 0 radical (unpaired) electrons. The van der Waals surface area contributed by atoms with Gasteiger partial charge in [0.1, 0.15) is 0 Å². The van der Waals surface area contributed by atoms with Crippen LogP contribution in [-0.2, 0) is 0 Å². The number of fused-ring (bicyclic) bond motifs is 11. The van der Waals surface area contributed by atoms with Crippen molar-refractivity contribution in [1.29, 1.82) is 0 Å². The number of H-pyrrole nitrogens is 1. The normalized spacial score (nSPS) is 12.0. The summed E-state index contributed by atoms with van der Waals surface area (Å²) in [6.07, 6.45) is 0. The molecule has 46 heavy (non-hydrogen) atoms. The van der Waals surface area contributed by atoms with E-state index in [1.807, 2.05) is 42.5 Å². The Morgan fingerprint density at radius 1 is 0.500 bits per heavy atom. The van der Waals surface area contributed by atoms with E-state index in [2.05, 4.69) is 107 Å². The highest BCUT2D eigenvalue weighted by Gasteiger charge is 2.21. The van der Waals surface area contributed by atoms with Gasteiger partial charge in [-0.25, -0.2) is 9.97 Å². The zero-order valence-corrected chi connectivity index (χ0v) is 24.5. The number of aromatic amines is 1. The van der Waals surface area contributed by atoms with E-state index in [9.17, 15) is 4.79 Å². The van der Waals surface area contributed by atoms with Crippen LogP contribution in [-0.4, -0.2) is 19.5 Å². The molecule has 0 saturated heterocycles. The maximum atomic E-state index is 13.6. The van der Waals surface area contributed by atoms with E-state index in [1.54, 1.807) is 0 Å². The molecule has 1 N–H and O–H groups in total. The summed E-state index contributed by atoms with van der Waals surface area (Å²) < 4.78 is 2.14. The Morgan fingerprint density at radius 2 is 1.20 bits per heavy atom. The lowest BCUT2D eigenvalue weighted by atomic mass is 10.0. The van der Waals surface area contributed by atoms with Gasteiger partial charge in [-0.15, -0.1) is 0 Å². The van der Waals surface area contributed by atoms with Gasteiger partial charge in [0.05, 0.1) is 22.2 Å². The molecule has 0 aliphatic carbocycles. The molecule has 10 aromatic rings. The van der Waals surface area contributed by atoms with E-state index in [0.29, 0.717) is 11.3 Å². The van der Waals surface area contributed by atoms with Crippen molar-refractivity contribution in [2.24, 2.45) is 0 Å². The topological polar surface area (TPSA) is 63.6 Å². The Kier molecular flexibility index (Phi) is 5.08. The number of hydrogen-bond acceptors (Lipinski definition) is 3. The molecule has 214 valence electrons. The number of nitrogens with zero attached hydrogens (tertiary/aromatic N) is 3. The minimum absolute atomic E-state index is 0.118. The first kappa shape index (κ1) is 25.0. The summed E-state index contributed by atoms with van der Waals surface area (Å²) in [4.78, 5) is 27.3. The number of pyridine rings is 1. The molecule has 5 heteroatoms. The van der Waals surface area contributed by atoms with Crippen molar-refractivity contribution in [2.45, 2.75) is 0 Å². The van der Waals surface area contributed by atoms with Crippen molar-refractivity contribution >= 4 is 75.9 Å². The Morgan fingerprint density at radius 3 is 2.04 bits per heavy atom. The summed E-state index contributed by atoms with van der Waals surface area (Å²) in [5.74, 6) is 0.564. The van der Waals surface area contributed by atoms with Gasteiger partial charge in [-0.3, -0.25) is 9.36 Å². The van der Waals surface area contributed by atoms with Gasteiger partial charge in [0.15, 0.2) is 0 Å². The average molecular weight is 589 g/mol. The Bertz CT molecular complexity index is 2940. The molecular weight excluding hydrogens is 564 g/mol. The molecule has 0 amide bonds. The lowest BCUT2D eigenvalue weighted by molar-refractivity contribution is 1.02. The molecule has 0 aliphatic rings. The van der Waals surface area contributed by atoms with Gasteiger partial charge < -0.3 is 4.98 Å². The molecule has 5 nitrogen and oxygen atoms in total. The Balaban J connectivity index is 1.43. The third-order valence-corrected chi connectivity index (χ3v) is 9.33. The lowest BCUT2D eigenvalue weighted by Gasteiger charge is -2.13. The Labute approximate surface area is 262 Å². The van der Waals surface area contributed by atoms with Crippen LogP contribution in [0.25, 0.3) is 93.1 Å². The molecule has 7 aromatic carbocycles. The summed E-state index contributed by atoms with van der Waals surface area (Å²) in [7, 11) is 0. The van der Waals surface area contributed by atoms with Gasteiger partial charge in [0, 0.05) is 43.4 Å². The van der Waals surface area contributed by atoms with Crippen molar-refractivity contribution in [2.75, 3.05) is 0 Å². The summed E-state index contributed by atoms with van der Waals surface area (Å²) in [5.41, 5.74) is 5.36. The van der Waals surface area contributed by atoms with Gasteiger partial charge in [0.2, 0.25) is 5.95 Å². The smallest absolute Gasteiger partial charge is 0.256 e. The van der Waals surface area contributed by atoms with Gasteiger partial charge >= 0.3 is 0 Å². The molecule has 3 aromatic heterocycles. The molecule has 0 bridgehead atoms. The maximum Gasteiger partial charge on any atom is 0.256 e. The van der Waals surface area contributed by atoms with Crippen molar-refractivity contribution in [3.05, 3.63) is 150 Å². The van der Waals surface area contributed by atoms with Gasteiger partial charge in [0.25, 0.3) is 5.56 Å². The molecule has 3 heterocycles. The van der Waals surface area contributed by atoms with Crippen LogP contribution in [0.5, 0.6) is 0 Å². The Hall–Kier alpha value is -6.33. The largest absolute Gasteiger partial charge is 0.321 e. The standard InChI is InChI=1S/C41H24N4O/c46-40-32-23-36-33(22-31(32)29-16-8-9-17-34(29)42-40)37-27-14-6-4-10-24(27)19-21-35(37)45(36)41-43-38(26-12-2-1-3-13-26)30-20-18-25-11-5-7-15-28(25)39(30)44-41/h1-23H,(H,42,46). The number of hydrogen-bond donors (Lipinski definition) is 1. The lowest BCUT2D eigenvalue weighted by Crippen LogP contribution is -2.07. The zero-order chi connectivity index (χ0) is 30.4. The quantitative estimate of drug-likeness (QED) is 0.205. The summed E-state index contributed by atoms with van der Waals surface area (Å²) in [6.45, 7) is 0. The van der Waals surface area contributed by atoms with Gasteiger partial charge in [-0.05, 0) is 51.9 Å². The molecule has 0 aliphatic heterocycles. The van der Waals surface area contributed by atoms with Gasteiger partial charge in [-0.2, -0.15) is 0 Å². The first-order valence-corrected chi connectivity index (χ1v) is 15.4. The SMILES string of the molecule is O=c1[nH]c2ccccc2c2cc3c4c5ccccc5ccc4n(-c4nc(-c5ccccc5)c5ccc6ccccc6c5n4)c3cc12. The van der Waals surface area contributed by atoms with E-state index < -0.39 is 0 Å². The molecule has 0 atom stereocenters. The third kappa shape index (κ3) is 3.48. The van der Waals surface area contributed by atoms with Gasteiger partial charge in [-0.1, -0.05) is 109 Å². The molecule has 10 rings (SSSR count). The number of benzene rings is 7. The number of para-hydroxylation sites is 1. The van der Waals surface area contributed by atoms with E-state index >= 15 is 0 Å². The minimum Gasteiger partial charge on any atom is -0.321 e. The van der Waals surface area contributed by atoms with Crippen LogP contribution in [0, 0.1) is 0 Å². The van der Waals surface area contributed by atoms with Crippen LogP contribution >= 0.6 is 0 Å². The van der Waals surface area contributed by atoms with Crippen LogP contribution < -0.4 is 5.56 Å². The van der Waals surface area contributed by atoms with E-state index in [-0.39, 0.29) is 5.56 Å². The molecule has 0 fully saturated rings. The predicted molar refractivity (Wildman–Crippen MR) is 190 cm³/mol. The van der Waals surface area contributed by atoms with Crippen LogP contribution in [0.4, 0.5) is 0 Å². The fraction of sp³-hybridized carbons (Fsp3) is 0. The predicted octanol–water partition coefficient (Wildman–Crippen LogP) is 9.69. The molecule has 0 unspecified atom stereocenters. The monoisotopic (exact) mass is 588 g/mol. The average Bonchev–Trinajstić information content (AvgIpc) is 3.45. The summed E-state index contributed by atoms with van der Waals surface area (Å²) in [6, 6.07) is 47.9. The second-order valence-electron chi connectivity index (χ2n) is 11.9. The van der Waals surface area contributed by atoms with E-state index in [4.69, 9.17) is 9.97 Å². The van der Waals surface area contributed by atoms with Crippen LogP contribution in [0.2, 0.25) is 0 Å². The molecular formula is C41H24N4O. The minimum atomic E-state index is -0.118. The van der Waals surface area contributed by atoms with E-state index in [0.717, 1.165) is 81.8 Å². The first-order chi connectivity index (χ1) is 22.7. The number of rotatable bonds is 2. The second kappa shape index (κ2) is 9.34. The van der Waals surface area contributed by atoms with Crippen LogP contribution in [0.3, 0.4) is 0 Å².